The van der Waals surface area contributed by atoms with E-state index in [2.05, 4.69) is 4.98 Å². The van der Waals surface area contributed by atoms with Gasteiger partial charge in [-0.2, -0.15) is 0 Å². The summed E-state index contributed by atoms with van der Waals surface area (Å²) in [6, 6.07) is 5.75. The fourth-order valence-electron chi connectivity index (χ4n) is 1.06. The molecule has 0 spiro atoms. The number of nitrogens with zero attached hydrogens (tertiary/aromatic N) is 2. The number of halogens is 2. The lowest BCUT2D eigenvalue weighted by Crippen LogP contribution is -1.77. The van der Waals surface area contributed by atoms with Gasteiger partial charge in [-0.3, -0.25) is 0 Å². The van der Waals surface area contributed by atoms with E-state index >= 15 is 0 Å². The van der Waals surface area contributed by atoms with Crippen molar-refractivity contribution in [1.82, 2.24) is 9.38 Å². The number of aromatic nitrogens is 2. The lowest BCUT2D eigenvalue weighted by molar-refractivity contribution is 1.18. The predicted molar refractivity (Wildman–Crippen MR) is 49.6 cm³/mol. The van der Waals surface area contributed by atoms with Crippen LogP contribution in [0.3, 0.4) is 0 Å². The van der Waals surface area contributed by atoms with Crippen molar-refractivity contribution in [3.63, 3.8) is 0 Å². The summed E-state index contributed by atoms with van der Waals surface area (Å²) in [7, 11) is 0. The molecule has 0 unspecified atom stereocenters. The number of pyridine rings is 1. The first-order chi connectivity index (χ1) is 5.77. The molecule has 0 radical (unpaired) electrons. The van der Waals surface area contributed by atoms with E-state index in [4.69, 9.17) is 23.2 Å². The molecular formula is C8H6Cl2N2. The minimum atomic E-state index is -0.551. The van der Waals surface area contributed by atoms with Gasteiger partial charge in [-0.25, -0.2) is 4.98 Å². The second-order valence-corrected chi connectivity index (χ2v) is 3.53. The largest absolute Gasteiger partial charge is 0.307 e. The maximum absolute atomic E-state index is 5.66. The monoisotopic (exact) mass is 200 g/mol. The number of rotatable bonds is 1. The summed E-state index contributed by atoms with van der Waals surface area (Å²) in [6.45, 7) is 0. The highest BCUT2D eigenvalue weighted by molar-refractivity contribution is 6.43. The number of fused-ring (bicyclic) bond motifs is 1. The van der Waals surface area contributed by atoms with Crippen molar-refractivity contribution in [2.45, 2.75) is 4.84 Å². The lowest BCUT2D eigenvalue weighted by Gasteiger charge is -1.89. The Balaban J connectivity index is 2.62. The van der Waals surface area contributed by atoms with Gasteiger partial charge in [-0.1, -0.05) is 29.3 Å². The first kappa shape index (κ1) is 7.90. The topological polar surface area (TPSA) is 17.3 Å². The number of imidazole rings is 1. The lowest BCUT2D eigenvalue weighted by atomic mass is 10.5. The van der Waals surface area contributed by atoms with Crippen molar-refractivity contribution in [1.29, 1.82) is 0 Å². The van der Waals surface area contributed by atoms with Crippen molar-refractivity contribution in [2.75, 3.05) is 0 Å². The molecule has 0 N–H and O–H groups in total. The van der Waals surface area contributed by atoms with E-state index in [9.17, 15) is 0 Å². The highest BCUT2D eigenvalue weighted by Gasteiger charge is 2.07. The van der Waals surface area contributed by atoms with E-state index in [0.29, 0.717) is 5.69 Å². The van der Waals surface area contributed by atoms with E-state index in [-0.39, 0.29) is 0 Å². The van der Waals surface area contributed by atoms with Gasteiger partial charge in [-0.15, -0.1) is 0 Å². The zero-order chi connectivity index (χ0) is 8.55. The van der Waals surface area contributed by atoms with Gasteiger partial charge in [0.25, 0.3) is 0 Å². The van der Waals surface area contributed by atoms with Crippen LogP contribution in [-0.2, 0) is 0 Å². The summed E-state index contributed by atoms with van der Waals surface area (Å²) in [5.74, 6) is 0. The SMILES string of the molecule is ClC(Cl)c1cn2ccccc2n1. The Morgan fingerprint density at radius 2 is 2.17 bits per heavy atom. The Kier molecular flexibility index (Phi) is 1.95. The van der Waals surface area contributed by atoms with Crippen LogP contribution in [0.1, 0.15) is 10.5 Å². The second-order valence-electron chi connectivity index (χ2n) is 2.43. The molecule has 4 heteroatoms. The first-order valence-electron chi connectivity index (χ1n) is 3.49. The van der Waals surface area contributed by atoms with Gasteiger partial charge >= 0.3 is 0 Å². The van der Waals surface area contributed by atoms with Gasteiger partial charge in [0.2, 0.25) is 0 Å². The summed E-state index contributed by atoms with van der Waals surface area (Å²) in [4.78, 5) is 3.66. The van der Waals surface area contributed by atoms with Crippen LogP contribution < -0.4 is 0 Å². The summed E-state index contributed by atoms with van der Waals surface area (Å²) in [5.41, 5.74) is 1.54. The van der Waals surface area contributed by atoms with Gasteiger partial charge in [0.15, 0.2) is 4.84 Å². The molecule has 0 aliphatic carbocycles. The molecule has 0 aliphatic rings. The Morgan fingerprint density at radius 1 is 1.33 bits per heavy atom. The first-order valence-corrected chi connectivity index (χ1v) is 4.36. The number of alkyl halides is 2. The van der Waals surface area contributed by atoms with E-state index < -0.39 is 4.84 Å². The number of hydrogen-bond acceptors (Lipinski definition) is 1. The third kappa shape index (κ3) is 1.28. The molecule has 0 atom stereocenters. The molecular weight excluding hydrogens is 195 g/mol. The molecule has 0 saturated heterocycles. The fraction of sp³-hybridized carbons (Fsp3) is 0.125. The van der Waals surface area contributed by atoms with Crippen LogP contribution in [0.5, 0.6) is 0 Å². The third-order valence-corrected chi connectivity index (χ3v) is 2.05. The Labute approximate surface area is 79.7 Å². The Hall–Kier alpha value is -0.730. The molecule has 2 nitrogen and oxygen atoms in total. The molecule has 62 valence electrons. The van der Waals surface area contributed by atoms with Crippen molar-refractivity contribution in [2.24, 2.45) is 0 Å². The molecule has 2 aromatic rings. The highest BCUT2D eigenvalue weighted by atomic mass is 35.5. The van der Waals surface area contributed by atoms with Crippen LogP contribution in [0.15, 0.2) is 30.6 Å². The van der Waals surface area contributed by atoms with Gasteiger partial charge < -0.3 is 4.40 Å². The van der Waals surface area contributed by atoms with Gasteiger partial charge in [0.05, 0.1) is 5.69 Å². The van der Waals surface area contributed by atoms with Gasteiger partial charge in [0, 0.05) is 12.4 Å². The van der Waals surface area contributed by atoms with Gasteiger partial charge in [0.1, 0.15) is 5.65 Å². The molecule has 0 amide bonds. The minimum Gasteiger partial charge on any atom is -0.307 e. The van der Waals surface area contributed by atoms with Crippen LogP contribution >= 0.6 is 23.2 Å². The maximum Gasteiger partial charge on any atom is 0.151 e. The maximum atomic E-state index is 5.66. The smallest absolute Gasteiger partial charge is 0.151 e. The zero-order valence-corrected chi connectivity index (χ0v) is 7.63. The highest BCUT2D eigenvalue weighted by Crippen LogP contribution is 2.23. The normalized spacial score (nSPS) is 11.2. The average molecular weight is 201 g/mol. The second kappa shape index (κ2) is 2.96. The Bertz CT molecular complexity index is 362. The Morgan fingerprint density at radius 3 is 2.83 bits per heavy atom. The molecule has 0 aromatic carbocycles. The molecule has 2 heterocycles. The summed E-state index contributed by atoms with van der Waals surface area (Å²) in [6.07, 6.45) is 3.72. The molecule has 0 bridgehead atoms. The molecule has 0 saturated carbocycles. The van der Waals surface area contributed by atoms with Crippen molar-refractivity contribution >= 4 is 28.8 Å². The fourth-order valence-corrected chi connectivity index (χ4v) is 1.27. The summed E-state index contributed by atoms with van der Waals surface area (Å²) < 4.78 is 1.88. The van der Waals surface area contributed by atoms with E-state index in [0.717, 1.165) is 5.65 Å². The summed E-state index contributed by atoms with van der Waals surface area (Å²) in [5, 5.41) is 0. The molecule has 0 aliphatic heterocycles. The van der Waals surface area contributed by atoms with Crippen molar-refractivity contribution < 1.29 is 0 Å². The van der Waals surface area contributed by atoms with Crippen molar-refractivity contribution in [3.8, 4) is 0 Å². The molecule has 12 heavy (non-hydrogen) atoms. The minimum absolute atomic E-state index is 0.551. The van der Waals surface area contributed by atoms with E-state index in [1.165, 1.54) is 0 Å². The third-order valence-electron chi connectivity index (χ3n) is 1.61. The number of hydrogen-bond donors (Lipinski definition) is 0. The predicted octanol–water partition coefficient (Wildman–Crippen LogP) is 2.81. The van der Waals surface area contributed by atoms with Crippen LogP contribution in [0, 0.1) is 0 Å². The average Bonchev–Trinajstić information content (AvgIpc) is 2.46. The molecule has 0 fully saturated rings. The van der Waals surface area contributed by atoms with E-state index in [1.54, 1.807) is 0 Å². The van der Waals surface area contributed by atoms with Crippen LogP contribution in [0.4, 0.5) is 0 Å². The van der Waals surface area contributed by atoms with Crippen molar-refractivity contribution in [3.05, 3.63) is 36.3 Å². The van der Waals surface area contributed by atoms with Crippen LogP contribution in [-0.4, -0.2) is 9.38 Å². The molecule has 2 aromatic heterocycles. The zero-order valence-electron chi connectivity index (χ0n) is 6.11. The summed E-state index contributed by atoms with van der Waals surface area (Å²) >= 11 is 11.3. The van der Waals surface area contributed by atoms with Crippen LogP contribution in [0.25, 0.3) is 5.65 Å². The quantitative estimate of drug-likeness (QED) is 0.648. The van der Waals surface area contributed by atoms with E-state index in [1.807, 2.05) is 35.0 Å². The van der Waals surface area contributed by atoms with Gasteiger partial charge in [-0.05, 0) is 12.1 Å². The van der Waals surface area contributed by atoms with Crippen LogP contribution in [0.2, 0.25) is 0 Å². The standard InChI is InChI=1S/C8H6Cl2N2/c9-8(10)6-5-12-4-2-1-3-7(12)11-6/h1-5,8H. The molecule has 2 rings (SSSR count).